The summed E-state index contributed by atoms with van der Waals surface area (Å²) in [4.78, 5) is 24.7. The van der Waals surface area contributed by atoms with Crippen LogP contribution in [0.3, 0.4) is 0 Å². The fraction of sp³-hybridized carbons (Fsp3) is 0.370. The number of nitrogens with one attached hydrogen (secondary N) is 2. The number of nitrogens with zero attached hydrogens (tertiary/aromatic N) is 2. The van der Waals surface area contributed by atoms with Gasteiger partial charge in [0.1, 0.15) is 5.82 Å². The Labute approximate surface area is 206 Å². The zero-order chi connectivity index (χ0) is 25.8. The summed E-state index contributed by atoms with van der Waals surface area (Å²) in [5.74, 6) is -0.962. The fourth-order valence-electron chi connectivity index (χ4n) is 3.54. The molecule has 0 radical (unpaired) electrons. The van der Waals surface area contributed by atoms with Crippen LogP contribution in [0, 0.1) is 12.3 Å². The average Bonchev–Trinajstić information content (AvgIpc) is 3.22. The van der Waals surface area contributed by atoms with E-state index in [0.29, 0.717) is 5.82 Å². The number of carbonyl (C=O) groups is 2. The van der Waals surface area contributed by atoms with Crippen LogP contribution in [-0.2, 0) is 4.79 Å². The molecule has 1 amide bonds. The van der Waals surface area contributed by atoms with Crippen LogP contribution in [0.4, 0.5) is 5.82 Å². The number of carbonyl (C=O) groups excluding carboxylic acids is 1. The zero-order valence-electron chi connectivity index (χ0n) is 20.9. The molecule has 1 unspecified atom stereocenters. The number of benzene rings is 2. The van der Waals surface area contributed by atoms with Crippen LogP contribution in [-0.4, -0.2) is 44.0 Å². The highest BCUT2D eigenvalue weighted by atomic mass is 16.4. The topological polar surface area (TPSA) is 116 Å². The van der Waals surface area contributed by atoms with Crippen LogP contribution in [0.1, 0.15) is 61.8 Å². The Balaban J connectivity index is 1.92. The highest BCUT2D eigenvalue weighted by molar-refractivity contribution is 5.93. The first kappa shape index (κ1) is 26.0. The minimum atomic E-state index is -1.03. The summed E-state index contributed by atoms with van der Waals surface area (Å²) in [6.07, 6.45) is -0.254. The van der Waals surface area contributed by atoms with Crippen LogP contribution < -0.4 is 10.6 Å². The molecular formula is C27H34N4O4. The Morgan fingerprint density at radius 2 is 1.66 bits per heavy atom. The lowest BCUT2D eigenvalue weighted by Crippen LogP contribution is -2.45. The van der Waals surface area contributed by atoms with E-state index in [2.05, 4.69) is 15.7 Å². The van der Waals surface area contributed by atoms with Crippen LogP contribution in [0.15, 0.2) is 60.7 Å². The first-order valence-electron chi connectivity index (χ1n) is 11.6. The third-order valence-electron chi connectivity index (χ3n) is 6.42. The number of hydrogen-bond donors (Lipinski definition) is 4. The molecule has 8 heteroatoms. The van der Waals surface area contributed by atoms with E-state index in [0.717, 1.165) is 16.8 Å². The molecule has 35 heavy (non-hydrogen) atoms. The second-order valence-corrected chi connectivity index (χ2v) is 10.0. The molecule has 0 saturated heterocycles. The molecule has 0 fully saturated rings. The standard InChI is InChI=1S/C27H34N4O4/c1-18-11-9-10-14-20(18)21(16-24(32)33)29-25(34)22-15-23(28-17-27(5,35)26(2,3)4)31(30-22)19-12-7-6-8-13-19/h6-15,21,28,35H,16-17H2,1-5H3,(H,29,34)(H,32,33)/t21-,27?/m0/s1. The Morgan fingerprint density at radius 1 is 1.03 bits per heavy atom. The van der Waals surface area contributed by atoms with E-state index in [4.69, 9.17) is 0 Å². The van der Waals surface area contributed by atoms with Gasteiger partial charge < -0.3 is 20.8 Å². The van der Waals surface area contributed by atoms with Gasteiger partial charge in [-0.3, -0.25) is 9.59 Å². The molecule has 3 rings (SSSR count). The van der Waals surface area contributed by atoms with Crippen LogP contribution in [0.2, 0.25) is 0 Å². The van der Waals surface area contributed by atoms with Crippen molar-refractivity contribution in [3.05, 3.63) is 77.5 Å². The number of carboxylic acid groups (broad SMARTS) is 1. The molecule has 8 nitrogen and oxygen atoms in total. The number of para-hydroxylation sites is 1. The first-order chi connectivity index (χ1) is 16.4. The monoisotopic (exact) mass is 478 g/mol. The van der Waals surface area contributed by atoms with Crippen molar-refractivity contribution in [1.29, 1.82) is 0 Å². The Kier molecular flexibility index (Phi) is 7.65. The van der Waals surface area contributed by atoms with Crippen molar-refractivity contribution in [2.75, 3.05) is 11.9 Å². The number of aliphatic hydroxyl groups is 1. The molecule has 3 aromatic rings. The van der Waals surface area contributed by atoms with Crippen LogP contribution in [0.5, 0.6) is 0 Å². The van der Waals surface area contributed by atoms with Gasteiger partial charge >= 0.3 is 5.97 Å². The lowest BCUT2D eigenvalue weighted by molar-refractivity contribution is -0.137. The maximum atomic E-state index is 13.2. The average molecular weight is 479 g/mol. The van der Waals surface area contributed by atoms with E-state index in [9.17, 15) is 19.8 Å². The molecule has 0 spiro atoms. The summed E-state index contributed by atoms with van der Waals surface area (Å²) in [6, 6.07) is 17.6. The molecule has 1 heterocycles. The zero-order valence-corrected chi connectivity index (χ0v) is 20.9. The second kappa shape index (κ2) is 10.3. The summed E-state index contributed by atoms with van der Waals surface area (Å²) >= 11 is 0. The Hall–Kier alpha value is -3.65. The van der Waals surface area contributed by atoms with Crippen LogP contribution >= 0.6 is 0 Å². The van der Waals surface area contributed by atoms with Gasteiger partial charge in [-0.2, -0.15) is 5.10 Å². The number of hydrogen-bond acceptors (Lipinski definition) is 5. The maximum Gasteiger partial charge on any atom is 0.305 e. The number of carboxylic acids is 1. The number of amides is 1. The normalized spacial score (nSPS) is 14.1. The summed E-state index contributed by atoms with van der Waals surface area (Å²) in [7, 11) is 0. The van der Waals surface area contributed by atoms with Gasteiger partial charge in [-0.05, 0) is 42.5 Å². The SMILES string of the molecule is Cc1ccccc1[C@H](CC(=O)O)NC(=O)c1cc(NCC(C)(O)C(C)(C)C)n(-c2ccccc2)n1. The second-order valence-electron chi connectivity index (χ2n) is 10.0. The third-order valence-corrected chi connectivity index (χ3v) is 6.42. The predicted octanol–water partition coefficient (Wildman–Crippen LogP) is 4.34. The van der Waals surface area contributed by atoms with Gasteiger partial charge in [-0.1, -0.05) is 63.2 Å². The van der Waals surface area contributed by atoms with E-state index in [1.54, 1.807) is 17.7 Å². The van der Waals surface area contributed by atoms with E-state index in [1.807, 2.05) is 82.3 Å². The van der Waals surface area contributed by atoms with Gasteiger partial charge in [-0.15, -0.1) is 0 Å². The highest BCUT2D eigenvalue weighted by Gasteiger charge is 2.35. The van der Waals surface area contributed by atoms with E-state index >= 15 is 0 Å². The lowest BCUT2D eigenvalue weighted by atomic mass is 9.78. The van der Waals surface area contributed by atoms with Gasteiger partial charge in [-0.25, -0.2) is 4.68 Å². The van der Waals surface area contributed by atoms with Crippen LogP contribution in [0.25, 0.3) is 5.69 Å². The summed E-state index contributed by atoms with van der Waals surface area (Å²) in [5.41, 5.74) is 1.10. The molecule has 0 bridgehead atoms. The summed E-state index contributed by atoms with van der Waals surface area (Å²) in [5, 5.41) is 30.9. The van der Waals surface area contributed by atoms with Gasteiger partial charge in [0.2, 0.25) is 0 Å². The first-order valence-corrected chi connectivity index (χ1v) is 11.6. The minimum absolute atomic E-state index is 0.135. The van der Waals surface area contributed by atoms with E-state index in [1.165, 1.54) is 0 Å². The third kappa shape index (κ3) is 6.27. The Bertz CT molecular complexity index is 1180. The lowest BCUT2D eigenvalue weighted by Gasteiger charge is -2.37. The molecule has 2 atom stereocenters. The van der Waals surface area contributed by atoms with Gasteiger partial charge in [0.05, 0.1) is 23.8 Å². The van der Waals surface area contributed by atoms with Crippen molar-refractivity contribution in [2.45, 2.75) is 52.7 Å². The molecular weight excluding hydrogens is 444 g/mol. The highest BCUT2D eigenvalue weighted by Crippen LogP contribution is 2.30. The summed E-state index contributed by atoms with van der Waals surface area (Å²) < 4.78 is 1.60. The molecule has 2 aromatic carbocycles. The van der Waals surface area contributed by atoms with Gasteiger partial charge in [0.15, 0.2) is 5.69 Å². The molecule has 1 aromatic heterocycles. The quantitative estimate of drug-likeness (QED) is 0.364. The number of rotatable bonds is 9. The molecule has 4 N–H and O–H groups in total. The number of aliphatic carboxylic acids is 1. The minimum Gasteiger partial charge on any atom is -0.481 e. The molecule has 0 aliphatic rings. The number of anilines is 1. The van der Waals surface area contributed by atoms with Crippen molar-refractivity contribution in [3.8, 4) is 5.69 Å². The van der Waals surface area contributed by atoms with Crippen molar-refractivity contribution in [3.63, 3.8) is 0 Å². The molecule has 186 valence electrons. The molecule has 0 saturated carbocycles. The Morgan fingerprint density at radius 3 is 2.26 bits per heavy atom. The van der Waals surface area contributed by atoms with Crippen molar-refractivity contribution in [1.82, 2.24) is 15.1 Å². The van der Waals surface area contributed by atoms with Gasteiger partial charge in [0.25, 0.3) is 5.91 Å². The largest absolute Gasteiger partial charge is 0.481 e. The smallest absolute Gasteiger partial charge is 0.305 e. The number of aromatic nitrogens is 2. The van der Waals surface area contributed by atoms with E-state index in [-0.39, 0.29) is 24.1 Å². The number of aryl methyl sites for hydroxylation is 1. The van der Waals surface area contributed by atoms with Crippen molar-refractivity contribution < 1.29 is 19.8 Å². The predicted molar refractivity (Wildman–Crippen MR) is 136 cm³/mol. The van der Waals surface area contributed by atoms with Crippen molar-refractivity contribution in [2.24, 2.45) is 5.41 Å². The maximum absolute atomic E-state index is 13.2. The van der Waals surface area contributed by atoms with E-state index < -0.39 is 23.5 Å². The summed E-state index contributed by atoms with van der Waals surface area (Å²) in [6.45, 7) is 9.74. The molecule has 0 aliphatic carbocycles. The molecule has 0 aliphatic heterocycles. The van der Waals surface area contributed by atoms with Crippen molar-refractivity contribution >= 4 is 17.7 Å². The fourth-order valence-corrected chi connectivity index (χ4v) is 3.54. The van der Waals surface area contributed by atoms with Gasteiger partial charge in [0, 0.05) is 12.6 Å².